The molecule has 1 aromatic heterocycles. The maximum absolute atomic E-state index is 12.8. The molecule has 0 aliphatic carbocycles. The second-order valence-electron chi connectivity index (χ2n) is 13.7. The number of fused-ring (bicyclic) bond motifs is 3. The summed E-state index contributed by atoms with van der Waals surface area (Å²) in [5.41, 5.74) is 3.09. The summed E-state index contributed by atoms with van der Waals surface area (Å²) in [4.78, 5) is 22.4. The number of ether oxygens (including phenoxy) is 1. The fourth-order valence-electron chi connectivity index (χ4n) is 8.00. The quantitative estimate of drug-likeness (QED) is 0.280. The van der Waals surface area contributed by atoms with Crippen molar-refractivity contribution in [1.29, 1.82) is 0 Å². The number of hydrogen-bond acceptors (Lipinski definition) is 4. The average molecular weight is 612 g/mol. The van der Waals surface area contributed by atoms with Crippen LogP contribution in [0.3, 0.4) is 0 Å². The van der Waals surface area contributed by atoms with Crippen LogP contribution in [0.2, 0.25) is 10.0 Å². The molecule has 3 saturated heterocycles. The molecule has 2 unspecified atom stereocenters. The van der Waals surface area contributed by atoms with Gasteiger partial charge >= 0.3 is 6.09 Å². The molecule has 0 saturated carbocycles. The van der Waals surface area contributed by atoms with E-state index in [1.165, 1.54) is 36.8 Å². The Morgan fingerprint density at radius 3 is 2.36 bits per heavy atom. The smallest absolute Gasteiger partial charge is 0.410 e. The van der Waals surface area contributed by atoms with E-state index in [1.54, 1.807) is 0 Å². The number of hydrogen-bond donors (Lipinski definition) is 0. The van der Waals surface area contributed by atoms with Gasteiger partial charge in [-0.3, -0.25) is 4.90 Å². The number of rotatable bonds is 6. The minimum absolute atomic E-state index is 0.0308. The maximum atomic E-state index is 12.8. The lowest BCUT2D eigenvalue weighted by molar-refractivity contribution is 0.0153. The number of nitrogens with zero attached hydrogens (tertiary/aromatic N) is 4. The first kappa shape index (κ1) is 29.8. The van der Waals surface area contributed by atoms with Gasteiger partial charge in [-0.05, 0) is 121 Å². The largest absolute Gasteiger partial charge is 0.444 e. The lowest BCUT2D eigenvalue weighted by Crippen LogP contribution is -2.47. The molecule has 3 aromatic rings. The highest BCUT2D eigenvalue weighted by Crippen LogP contribution is 2.45. The highest BCUT2D eigenvalue weighted by Gasteiger charge is 2.43. The fraction of sp³-hybridized carbons (Fsp3) is 0.588. The molecule has 6 nitrogen and oxygen atoms in total. The molecule has 8 heteroatoms. The van der Waals surface area contributed by atoms with Gasteiger partial charge < -0.3 is 14.2 Å². The molecule has 0 spiro atoms. The summed E-state index contributed by atoms with van der Waals surface area (Å²) < 4.78 is 8.19. The summed E-state index contributed by atoms with van der Waals surface area (Å²) in [6, 6.07) is 16.5. The molecule has 4 heterocycles. The number of carbonyl (C=O) groups is 1. The topological polar surface area (TPSA) is 50.6 Å². The second kappa shape index (κ2) is 11.7. The van der Waals surface area contributed by atoms with Crippen molar-refractivity contribution in [2.45, 2.75) is 108 Å². The van der Waals surface area contributed by atoms with Gasteiger partial charge in [0.2, 0.25) is 0 Å². The van der Waals surface area contributed by atoms with Gasteiger partial charge in [0.15, 0.2) is 0 Å². The van der Waals surface area contributed by atoms with Crippen LogP contribution in [0.5, 0.6) is 0 Å². The SMILES string of the molecule is Cc1nc2ccccc2n1C1CC2CC[C@H](C1)N2CCCC1(c2ccc(Cl)c(Cl)c2)CCN(C(=O)OC(C)(C)C)CC1. The van der Waals surface area contributed by atoms with Crippen molar-refractivity contribution in [2.24, 2.45) is 0 Å². The number of piperidine rings is 2. The molecule has 3 atom stereocenters. The molecule has 6 rings (SSSR count). The van der Waals surface area contributed by atoms with Crippen LogP contribution in [0.15, 0.2) is 42.5 Å². The van der Waals surface area contributed by atoms with Crippen LogP contribution in [-0.4, -0.2) is 62.8 Å². The Labute approximate surface area is 260 Å². The maximum Gasteiger partial charge on any atom is 0.410 e. The van der Waals surface area contributed by atoms with Crippen molar-refractivity contribution in [3.8, 4) is 0 Å². The summed E-state index contributed by atoms with van der Waals surface area (Å²) >= 11 is 12.8. The van der Waals surface area contributed by atoms with Crippen LogP contribution in [-0.2, 0) is 10.2 Å². The van der Waals surface area contributed by atoms with Gasteiger partial charge in [0.05, 0.1) is 21.1 Å². The van der Waals surface area contributed by atoms with Crippen LogP contribution < -0.4 is 0 Å². The van der Waals surface area contributed by atoms with E-state index in [0.717, 1.165) is 43.6 Å². The van der Waals surface area contributed by atoms with E-state index in [4.69, 9.17) is 32.9 Å². The van der Waals surface area contributed by atoms with Gasteiger partial charge in [-0.2, -0.15) is 0 Å². The Bertz CT molecular complexity index is 1430. The van der Waals surface area contributed by atoms with Crippen molar-refractivity contribution in [2.75, 3.05) is 19.6 Å². The Morgan fingerprint density at radius 2 is 1.69 bits per heavy atom. The van der Waals surface area contributed by atoms with Crippen LogP contribution in [0.4, 0.5) is 4.79 Å². The lowest BCUT2D eigenvalue weighted by Gasteiger charge is -2.44. The van der Waals surface area contributed by atoms with Crippen molar-refractivity contribution in [3.63, 3.8) is 0 Å². The van der Waals surface area contributed by atoms with Gasteiger partial charge in [0.25, 0.3) is 0 Å². The normalized spacial score (nSPS) is 24.3. The number of para-hydroxylation sites is 2. The minimum atomic E-state index is -0.494. The predicted molar refractivity (Wildman–Crippen MR) is 171 cm³/mol. The number of aryl methyl sites for hydroxylation is 1. The summed E-state index contributed by atoms with van der Waals surface area (Å²) in [5.74, 6) is 1.13. The first-order valence-electron chi connectivity index (χ1n) is 15.7. The van der Waals surface area contributed by atoms with Gasteiger partial charge in [0.1, 0.15) is 11.4 Å². The van der Waals surface area contributed by atoms with Crippen molar-refractivity contribution < 1.29 is 9.53 Å². The number of amides is 1. The van der Waals surface area contributed by atoms with Crippen LogP contribution in [0.1, 0.15) is 89.6 Å². The molecule has 0 N–H and O–H groups in total. The third-order valence-corrected chi connectivity index (χ3v) is 10.7. The Morgan fingerprint density at radius 1 is 1.00 bits per heavy atom. The molecule has 42 heavy (non-hydrogen) atoms. The molecule has 3 fully saturated rings. The monoisotopic (exact) mass is 610 g/mol. The van der Waals surface area contributed by atoms with Gasteiger partial charge in [-0.25, -0.2) is 9.78 Å². The standard InChI is InChI=1S/C34H44Cl2N4O2/c1-23-37-30-8-5-6-9-31(30)40(23)27-21-25-11-12-26(22-27)39(25)17-7-14-34(24-10-13-28(35)29(36)20-24)15-18-38(19-16-34)32(41)42-33(2,3)4/h5-6,8-10,13,20,25-27H,7,11-12,14-19,21-22H2,1-4H3/t25-,26?,27?/m1/s1. The third kappa shape index (κ3) is 5.92. The number of carbonyl (C=O) groups excluding carboxylic acids is 1. The molecular weight excluding hydrogens is 567 g/mol. The van der Waals surface area contributed by atoms with E-state index in [0.29, 0.717) is 41.3 Å². The van der Waals surface area contributed by atoms with E-state index in [1.807, 2.05) is 31.7 Å². The van der Waals surface area contributed by atoms with E-state index >= 15 is 0 Å². The van der Waals surface area contributed by atoms with Gasteiger partial charge in [-0.1, -0.05) is 41.4 Å². The van der Waals surface area contributed by atoms with Crippen molar-refractivity contribution >= 4 is 40.3 Å². The summed E-state index contributed by atoms with van der Waals surface area (Å²) in [5, 5.41) is 1.19. The highest BCUT2D eigenvalue weighted by atomic mass is 35.5. The molecule has 3 aliphatic heterocycles. The van der Waals surface area contributed by atoms with E-state index in [-0.39, 0.29) is 11.5 Å². The predicted octanol–water partition coefficient (Wildman–Crippen LogP) is 8.57. The Hall–Kier alpha value is -2.28. The number of likely N-dealkylation sites (tertiary alicyclic amines) is 1. The third-order valence-electron chi connectivity index (χ3n) is 9.97. The zero-order valence-corrected chi connectivity index (χ0v) is 26.9. The zero-order chi connectivity index (χ0) is 29.6. The number of halogens is 2. The molecule has 0 radical (unpaired) electrons. The van der Waals surface area contributed by atoms with Crippen LogP contribution in [0.25, 0.3) is 11.0 Å². The van der Waals surface area contributed by atoms with Gasteiger partial charge in [0, 0.05) is 31.2 Å². The molecular formula is C34H44Cl2N4O2. The number of aromatic nitrogens is 2. The van der Waals surface area contributed by atoms with Gasteiger partial charge in [-0.15, -0.1) is 0 Å². The molecule has 2 aromatic carbocycles. The van der Waals surface area contributed by atoms with Crippen molar-refractivity contribution in [3.05, 3.63) is 63.9 Å². The Balaban J connectivity index is 1.13. The number of imidazole rings is 1. The molecule has 226 valence electrons. The number of benzene rings is 2. The van der Waals surface area contributed by atoms with E-state index < -0.39 is 5.60 Å². The lowest BCUT2D eigenvalue weighted by atomic mass is 9.69. The van der Waals surface area contributed by atoms with Crippen LogP contribution >= 0.6 is 23.2 Å². The molecule has 3 aliphatic rings. The Kier molecular flexibility index (Phi) is 8.27. The van der Waals surface area contributed by atoms with E-state index in [2.05, 4.69) is 52.8 Å². The second-order valence-corrected chi connectivity index (χ2v) is 14.6. The van der Waals surface area contributed by atoms with Crippen molar-refractivity contribution in [1.82, 2.24) is 19.4 Å². The first-order chi connectivity index (χ1) is 20.0. The van der Waals surface area contributed by atoms with E-state index in [9.17, 15) is 4.79 Å². The molecule has 1 amide bonds. The summed E-state index contributed by atoms with van der Waals surface area (Å²) in [6.07, 6.45) is 8.73. The van der Waals surface area contributed by atoms with Crippen LogP contribution in [0, 0.1) is 6.92 Å². The molecule has 2 bridgehead atoms. The average Bonchev–Trinajstić information content (AvgIpc) is 3.39. The zero-order valence-electron chi connectivity index (χ0n) is 25.4. The summed E-state index contributed by atoms with van der Waals surface area (Å²) in [6.45, 7) is 10.4. The summed E-state index contributed by atoms with van der Waals surface area (Å²) in [7, 11) is 0. The minimum Gasteiger partial charge on any atom is -0.444 e. The first-order valence-corrected chi connectivity index (χ1v) is 16.4. The highest BCUT2D eigenvalue weighted by molar-refractivity contribution is 6.42. The fourth-order valence-corrected chi connectivity index (χ4v) is 8.30.